The zero-order valence-corrected chi connectivity index (χ0v) is 24.6. The summed E-state index contributed by atoms with van der Waals surface area (Å²) in [6, 6.07) is 32.0. The zero-order chi connectivity index (χ0) is 29.8. The van der Waals surface area contributed by atoms with Gasteiger partial charge in [0.15, 0.2) is 6.61 Å². The summed E-state index contributed by atoms with van der Waals surface area (Å²) < 4.78 is 5.47. The summed E-state index contributed by atoms with van der Waals surface area (Å²) in [5.74, 6) is -0.143. The highest BCUT2D eigenvalue weighted by molar-refractivity contribution is 5.96. The molecule has 0 radical (unpaired) electrons. The molecule has 0 bridgehead atoms. The van der Waals surface area contributed by atoms with Crippen LogP contribution in [0.25, 0.3) is 33.5 Å². The van der Waals surface area contributed by atoms with Gasteiger partial charge in [-0.1, -0.05) is 90.0 Å². The molecule has 43 heavy (non-hydrogen) atoms. The van der Waals surface area contributed by atoms with Gasteiger partial charge >= 0.3 is 5.97 Å². The van der Waals surface area contributed by atoms with Crippen molar-refractivity contribution in [3.05, 3.63) is 119 Å². The summed E-state index contributed by atoms with van der Waals surface area (Å²) in [5, 5.41) is 0. The first-order chi connectivity index (χ1) is 20.9. The van der Waals surface area contributed by atoms with Crippen LogP contribution in [-0.2, 0) is 16.0 Å². The first-order valence-electron chi connectivity index (χ1n) is 14.9. The number of carbonyl (C=O) groups excluding carboxylic acids is 2. The van der Waals surface area contributed by atoms with Gasteiger partial charge in [0, 0.05) is 24.2 Å². The fourth-order valence-electron chi connectivity index (χ4n) is 5.64. The Bertz CT molecular complexity index is 1740. The van der Waals surface area contributed by atoms with Gasteiger partial charge in [0.1, 0.15) is 0 Å². The van der Waals surface area contributed by atoms with E-state index in [0.717, 1.165) is 47.3 Å². The number of likely N-dealkylation sites (tertiary alicyclic amines) is 1. The highest BCUT2D eigenvalue weighted by atomic mass is 16.5. The van der Waals surface area contributed by atoms with Crippen LogP contribution >= 0.6 is 0 Å². The Morgan fingerprint density at radius 2 is 1.33 bits per heavy atom. The van der Waals surface area contributed by atoms with Crippen molar-refractivity contribution in [2.75, 3.05) is 19.7 Å². The first-order valence-corrected chi connectivity index (χ1v) is 14.9. The lowest BCUT2D eigenvalue weighted by Gasteiger charge is -2.32. The van der Waals surface area contributed by atoms with Crippen molar-refractivity contribution in [2.45, 2.75) is 33.1 Å². The van der Waals surface area contributed by atoms with Gasteiger partial charge in [-0.05, 0) is 62.8 Å². The Morgan fingerprint density at radius 3 is 1.93 bits per heavy atom. The number of esters is 1. The molecule has 0 unspecified atom stereocenters. The number of amides is 1. The molecule has 6 rings (SSSR count). The molecule has 5 aromatic rings. The van der Waals surface area contributed by atoms with Gasteiger partial charge in [-0.15, -0.1) is 0 Å². The van der Waals surface area contributed by atoms with E-state index in [0.29, 0.717) is 35.6 Å². The van der Waals surface area contributed by atoms with Crippen LogP contribution in [0.15, 0.2) is 97.1 Å². The molecule has 1 aromatic heterocycles. The summed E-state index contributed by atoms with van der Waals surface area (Å²) in [7, 11) is 0. The quantitative estimate of drug-likeness (QED) is 0.194. The Morgan fingerprint density at radius 1 is 0.744 bits per heavy atom. The van der Waals surface area contributed by atoms with Gasteiger partial charge in [-0.2, -0.15) is 0 Å². The average molecular weight is 570 g/mol. The second-order valence-corrected chi connectivity index (χ2v) is 11.4. The lowest BCUT2D eigenvalue weighted by Crippen LogP contribution is -2.41. The molecule has 1 aliphatic rings. The SMILES string of the molecule is Cc1ccc(-c2nc3ccc(C(=O)OCC(=O)N4CCC(Cc5ccccc5)CC4)cc3nc2-c2ccc(C)cc2)cc1. The number of piperidine rings is 1. The van der Waals surface area contributed by atoms with Crippen LogP contribution < -0.4 is 0 Å². The van der Waals surface area contributed by atoms with Crippen molar-refractivity contribution in [2.24, 2.45) is 5.92 Å². The largest absolute Gasteiger partial charge is 0.452 e. The monoisotopic (exact) mass is 569 g/mol. The van der Waals surface area contributed by atoms with Gasteiger partial charge in [0.05, 0.1) is 28.0 Å². The van der Waals surface area contributed by atoms with E-state index in [1.165, 1.54) is 11.1 Å². The number of rotatable bonds is 7. The van der Waals surface area contributed by atoms with E-state index < -0.39 is 5.97 Å². The Balaban J connectivity index is 1.15. The van der Waals surface area contributed by atoms with Gasteiger partial charge in [-0.3, -0.25) is 4.79 Å². The van der Waals surface area contributed by atoms with Crippen LogP contribution in [0.3, 0.4) is 0 Å². The topological polar surface area (TPSA) is 72.4 Å². The standard InChI is InChI=1S/C37H35N3O3/c1-25-8-12-29(13-9-25)35-36(30-14-10-26(2)11-15-30)39-33-23-31(16-17-32(33)38-35)37(42)43-24-34(41)40-20-18-28(19-21-40)22-27-6-4-3-5-7-27/h3-17,23,28H,18-22,24H2,1-2H3. The smallest absolute Gasteiger partial charge is 0.338 e. The van der Waals surface area contributed by atoms with Crippen LogP contribution in [0.5, 0.6) is 0 Å². The van der Waals surface area contributed by atoms with Crippen LogP contribution in [0, 0.1) is 19.8 Å². The molecule has 1 aliphatic heterocycles. The molecular weight excluding hydrogens is 534 g/mol. The minimum atomic E-state index is -0.546. The number of ether oxygens (including phenoxy) is 1. The molecule has 0 saturated carbocycles. The highest BCUT2D eigenvalue weighted by Gasteiger charge is 2.24. The Labute approximate surface area is 252 Å². The maximum atomic E-state index is 13.0. The molecule has 0 spiro atoms. The fourth-order valence-corrected chi connectivity index (χ4v) is 5.64. The van der Waals surface area contributed by atoms with Crippen molar-refractivity contribution < 1.29 is 14.3 Å². The highest BCUT2D eigenvalue weighted by Crippen LogP contribution is 2.32. The van der Waals surface area contributed by atoms with Crippen molar-refractivity contribution >= 4 is 22.9 Å². The third-order valence-electron chi connectivity index (χ3n) is 8.21. The summed E-state index contributed by atoms with van der Waals surface area (Å²) >= 11 is 0. The van der Waals surface area contributed by atoms with E-state index in [1.807, 2.05) is 25.1 Å². The van der Waals surface area contributed by atoms with Crippen LogP contribution in [0.2, 0.25) is 0 Å². The van der Waals surface area contributed by atoms with Gasteiger partial charge in [0.25, 0.3) is 5.91 Å². The molecule has 0 N–H and O–H groups in total. The summed E-state index contributed by atoms with van der Waals surface area (Å²) in [4.78, 5) is 37.6. The third-order valence-corrected chi connectivity index (χ3v) is 8.21. The minimum absolute atomic E-state index is 0.156. The molecule has 6 nitrogen and oxygen atoms in total. The summed E-state index contributed by atoms with van der Waals surface area (Å²) in [6.45, 7) is 5.20. The number of hydrogen-bond donors (Lipinski definition) is 0. The van der Waals surface area contributed by atoms with Crippen molar-refractivity contribution in [1.82, 2.24) is 14.9 Å². The van der Waals surface area contributed by atoms with E-state index >= 15 is 0 Å². The molecule has 6 heteroatoms. The fraction of sp³-hybridized carbons (Fsp3) is 0.243. The van der Waals surface area contributed by atoms with Gasteiger partial charge < -0.3 is 9.64 Å². The zero-order valence-electron chi connectivity index (χ0n) is 24.6. The molecule has 1 fully saturated rings. The van der Waals surface area contributed by atoms with E-state index in [9.17, 15) is 9.59 Å². The van der Waals surface area contributed by atoms with Crippen LogP contribution in [0.4, 0.5) is 0 Å². The molecule has 1 saturated heterocycles. The molecule has 1 amide bonds. The maximum Gasteiger partial charge on any atom is 0.338 e. The number of hydrogen-bond acceptors (Lipinski definition) is 5. The second kappa shape index (κ2) is 12.6. The normalized spacial score (nSPS) is 13.7. The van der Waals surface area contributed by atoms with Crippen molar-refractivity contribution in [1.29, 1.82) is 0 Å². The molecular formula is C37H35N3O3. The third kappa shape index (κ3) is 6.64. The minimum Gasteiger partial charge on any atom is -0.452 e. The summed E-state index contributed by atoms with van der Waals surface area (Å²) in [5.41, 5.74) is 8.72. The number of carbonyl (C=O) groups is 2. The number of fused-ring (bicyclic) bond motifs is 1. The van der Waals surface area contributed by atoms with Crippen LogP contribution in [-0.4, -0.2) is 46.4 Å². The number of nitrogens with zero attached hydrogens (tertiary/aromatic N) is 3. The van der Waals surface area contributed by atoms with E-state index in [-0.39, 0.29) is 12.5 Å². The summed E-state index contributed by atoms with van der Waals surface area (Å²) in [6.07, 6.45) is 2.93. The molecule has 216 valence electrons. The number of benzene rings is 4. The molecule has 2 heterocycles. The number of aromatic nitrogens is 2. The second-order valence-electron chi connectivity index (χ2n) is 11.4. The van der Waals surface area contributed by atoms with E-state index in [4.69, 9.17) is 14.7 Å². The first kappa shape index (κ1) is 28.3. The van der Waals surface area contributed by atoms with Gasteiger partial charge in [0.2, 0.25) is 0 Å². The molecule has 0 aliphatic carbocycles. The maximum absolute atomic E-state index is 13.0. The average Bonchev–Trinajstić information content (AvgIpc) is 3.04. The Hall–Kier alpha value is -4.84. The van der Waals surface area contributed by atoms with Crippen molar-refractivity contribution in [3.8, 4) is 22.5 Å². The van der Waals surface area contributed by atoms with Gasteiger partial charge in [-0.25, -0.2) is 14.8 Å². The van der Waals surface area contributed by atoms with E-state index in [1.54, 1.807) is 23.1 Å². The number of aryl methyl sites for hydroxylation is 2. The van der Waals surface area contributed by atoms with Crippen LogP contribution in [0.1, 0.15) is 39.9 Å². The molecule has 0 atom stereocenters. The lowest BCUT2D eigenvalue weighted by atomic mass is 9.90. The Kier molecular flexibility index (Phi) is 8.27. The predicted molar refractivity (Wildman–Crippen MR) is 170 cm³/mol. The van der Waals surface area contributed by atoms with E-state index in [2.05, 4.69) is 67.6 Å². The lowest BCUT2D eigenvalue weighted by molar-refractivity contribution is -0.135. The molecule has 4 aromatic carbocycles. The van der Waals surface area contributed by atoms with Crippen molar-refractivity contribution in [3.63, 3.8) is 0 Å². The predicted octanol–water partition coefficient (Wildman–Crippen LogP) is 7.22.